The number of benzene rings is 1. The van der Waals surface area contributed by atoms with Crippen molar-refractivity contribution in [1.82, 2.24) is 5.32 Å². The Morgan fingerprint density at radius 3 is 2.78 bits per heavy atom. The van der Waals surface area contributed by atoms with Gasteiger partial charge >= 0.3 is 5.97 Å². The molecule has 124 valence electrons. The Kier molecular flexibility index (Phi) is 5.20. The van der Waals surface area contributed by atoms with Crippen molar-refractivity contribution >= 4 is 23.5 Å². The molecule has 1 aliphatic heterocycles. The molecule has 0 aliphatic carbocycles. The SMILES string of the molecule is CCCNC(=O)CN1C(=O)C(CC(=O)O)Oc2cc(C)ccc21. The minimum Gasteiger partial charge on any atom is -0.481 e. The summed E-state index contributed by atoms with van der Waals surface area (Å²) in [6.07, 6.45) is -0.778. The summed E-state index contributed by atoms with van der Waals surface area (Å²) in [6.45, 7) is 4.16. The maximum Gasteiger partial charge on any atom is 0.307 e. The second-order valence-corrected chi connectivity index (χ2v) is 5.45. The van der Waals surface area contributed by atoms with Gasteiger partial charge in [-0.25, -0.2) is 0 Å². The fourth-order valence-corrected chi connectivity index (χ4v) is 2.35. The number of carbonyl (C=O) groups is 3. The van der Waals surface area contributed by atoms with Gasteiger partial charge in [-0.05, 0) is 31.0 Å². The van der Waals surface area contributed by atoms with Crippen LogP contribution in [0.2, 0.25) is 0 Å². The van der Waals surface area contributed by atoms with Gasteiger partial charge in [-0.15, -0.1) is 0 Å². The van der Waals surface area contributed by atoms with E-state index in [4.69, 9.17) is 9.84 Å². The van der Waals surface area contributed by atoms with E-state index in [1.807, 2.05) is 19.9 Å². The predicted molar refractivity (Wildman–Crippen MR) is 83.5 cm³/mol. The first-order valence-electron chi connectivity index (χ1n) is 7.49. The van der Waals surface area contributed by atoms with E-state index in [0.29, 0.717) is 18.0 Å². The monoisotopic (exact) mass is 320 g/mol. The van der Waals surface area contributed by atoms with Crippen LogP contribution < -0.4 is 15.0 Å². The molecule has 1 aromatic rings. The van der Waals surface area contributed by atoms with Crippen molar-refractivity contribution in [2.75, 3.05) is 18.0 Å². The molecule has 1 unspecified atom stereocenters. The van der Waals surface area contributed by atoms with Crippen molar-refractivity contribution in [2.24, 2.45) is 0 Å². The Morgan fingerprint density at radius 2 is 2.13 bits per heavy atom. The number of amides is 2. The number of aryl methyl sites for hydroxylation is 1. The zero-order valence-electron chi connectivity index (χ0n) is 13.2. The third-order valence-electron chi connectivity index (χ3n) is 3.45. The molecule has 0 aromatic heterocycles. The third kappa shape index (κ3) is 4.00. The van der Waals surface area contributed by atoms with Crippen LogP contribution >= 0.6 is 0 Å². The number of hydrogen-bond donors (Lipinski definition) is 2. The van der Waals surface area contributed by atoms with Gasteiger partial charge in [-0.2, -0.15) is 0 Å². The van der Waals surface area contributed by atoms with Crippen molar-refractivity contribution in [3.05, 3.63) is 23.8 Å². The minimum absolute atomic E-state index is 0.158. The van der Waals surface area contributed by atoms with Crippen LogP contribution in [0.25, 0.3) is 0 Å². The molecular formula is C16H20N2O5. The van der Waals surface area contributed by atoms with Crippen LogP contribution in [0.15, 0.2) is 18.2 Å². The van der Waals surface area contributed by atoms with Crippen LogP contribution in [0.3, 0.4) is 0 Å². The predicted octanol–water partition coefficient (Wildman–Crippen LogP) is 1.09. The Balaban J connectivity index is 2.28. The van der Waals surface area contributed by atoms with Gasteiger partial charge in [0, 0.05) is 6.54 Å². The average molecular weight is 320 g/mol. The van der Waals surface area contributed by atoms with E-state index in [1.165, 1.54) is 4.90 Å². The summed E-state index contributed by atoms with van der Waals surface area (Å²) in [5.41, 5.74) is 1.40. The summed E-state index contributed by atoms with van der Waals surface area (Å²) in [4.78, 5) is 36.7. The molecule has 1 aliphatic rings. The topological polar surface area (TPSA) is 95.9 Å². The Labute approximate surface area is 134 Å². The first kappa shape index (κ1) is 16.8. The van der Waals surface area contributed by atoms with E-state index in [9.17, 15) is 14.4 Å². The highest BCUT2D eigenvalue weighted by atomic mass is 16.5. The maximum absolute atomic E-state index is 12.5. The zero-order chi connectivity index (χ0) is 17.0. The summed E-state index contributed by atoms with van der Waals surface area (Å²) >= 11 is 0. The lowest BCUT2D eigenvalue weighted by molar-refractivity contribution is -0.142. The average Bonchev–Trinajstić information content (AvgIpc) is 2.48. The number of anilines is 1. The largest absolute Gasteiger partial charge is 0.481 e. The van der Waals surface area contributed by atoms with Gasteiger partial charge in [0.15, 0.2) is 6.10 Å². The molecule has 0 bridgehead atoms. The molecule has 1 heterocycles. The second kappa shape index (κ2) is 7.13. The molecular weight excluding hydrogens is 300 g/mol. The highest BCUT2D eigenvalue weighted by Crippen LogP contribution is 2.35. The molecule has 23 heavy (non-hydrogen) atoms. The molecule has 0 spiro atoms. The number of carboxylic acid groups (broad SMARTS) is 1. The Morgan fingerprint density at radius 1 is 1.39 bits per heavy atom. The van der Waals surface area contributed by atoms with Crippen LogP contribution in [-0.4, -0.2) is 42.1 Å². The number of hydrogen-bond acceptors (Lipinski definition) is 4. The van der Waals surface area contributed by atoms with Crippen molar-refractivity contribution in [2.45, 2.75) is 32.8 Å². The first-order valence-corrected chi connectivity index (χ1v) is 7.49. The Hall–Kier alpha value is -2.57. The molecule has 0 saturated heterocycles. The number of carbonyl (C=O) groups excluding carboxylic acids is 2. The summed E-state index contributed by atoms with van der Waals surface area (Å²) in [5.74, 6) is -1.52. The lowest BCUT2D eigenvalue weighted by Gasteiger charge is -2.33. The summed E-state index contributed by atoms with van der Waals surface area (Å²) in [6, 6.07) is 5.24. The van der Waals surface area contributed by atoms with Crippen LogP contribution in [0.4, 0.5) is 5.69 Å². The number of aliphatic carboxylic acids is 1. The molecule has 0 radical (unpaired) electrons. The van der Waals surface area contributed by atoms with Gasteiger partial charge in [-0.1, -0.05) is 13.0 Å². The highest BCUT2D eigenvalue weighted by molar-refractivity contribution is 6.04. The number of ether oxygens (including phenoxy) is 1. The van der Waals surface area contributed by atoms with Crippen LogP contribution in [0, 0.1) is 6.92 Å². The molecule has 2 N–H and O–H groups in total. The minimum atomic E-state index is -1.13. The van der Waals surface area contributed by atoms with Crippen molar-refractivity contribution in [3.63, 3.8) is 0 Å². The summed E-state index contributed by atoms with van der Waals surface area (Å²) in [7, 11) is 0. The lowest BCUT2D eigenvalue weighted by Crippen LogP contribution is -2.50. The van der Waals surface area contributed by atoms with E-state index < -0.39 is 24.4 Å². The van der Waals surface area contributed by atoms with Crippen molar-refractivity contribution in [1.29, 1.82) is 0 Å². The van der Waals surface area contributed by atoms with Crippen LogP contribution in [0.1, 0.15) is 25.3 Å². The normalized spacial score (nSPS) is 16.5. The number of carboxylic acids is 1. The van der Waals surface area contributed by atoms with Gasteiger partial charge in [0.05, 0.1) is 12.1 Å². The zero-order valence-corrected chi connectivity index (χ0v) is 13.2. The van der Waals surface area contributed by atoms with Crippen LogP contribution in [0.5, 0.6) is 5.75 Å². The molecule has 2 rings (SSSR count). The quantitative estimate of drug-likeness (QED) is 0.818. The van der Waals surface area contributed by atoms with Gasteiger partial charge in [0.25, 0.3) is 5.91 Å². The number of rotatable bonds is 6. The van der Waals surface area contributed by atoms with Gasteiger partial charge < -0.3 is 15.2 Å². The van der Waals surface area contributed by atoms with E-state index in [2.05, 4.69) is 5.32 Å². The smallest absolute Gasteiger partial charge is 0.307 e. The third-order valence-corrected chi connectivity index (χ3v) is 3.45. The molecule has 7 nitrogen and oxygen atoms in total. The van der Waals surface area contributed by atoms with Crippen molar-refractivity contribution in [3.8, 4) is 5.75 Å². The molecule has 7 heteroatoms. The fraction of sp³-hybridized carbons (Fsp3) is 0.438. The number of nitrogens with zero attached hydrogens (tertiary/aromatic N) is 1. The fourth-order valence-electron chi connectivity index (χ4n) is 2.35. The molecule has 2 amide bonds. The number of nitrogens with one attached hydrogen (secondary N) is 1. The van der Waals surface area contributed by atoms with Crippen LogP contribution in [-0.2, 0) is 14.4 Å². The molecule has 1 aromatic carbocycles. The van der Waals surface area contributed by atoms with E-state index in [-0.39, 0.29) is 12.5 Å². The lowest BCUT2D eigenvalue weighted by atomic mass is 10.1. The van der Waals surface area contributed by atoms with Gasteiger partial charge in [-0.3, -0.25) is 19.3 Å². The van der Waals surface area contributed by atoms with Gasteiger partial charge in [0.1, 0.15) is 12.3 Å². The second-order valence-electron chi connectivity index (χ2n) is 5.45. The Bertz CT molecular complexity index is 629. The summed E-state index contributed by atoms with van der Waals surface area (Å²) in [5, 5.41) is 11.6. The molecule has 0 fully saturated rings. The van der Waals surface area contributed by atoms with Gasteiger partial charge in [0.2, 0.25) is 5.91 Å². The molecule has 1 atom stereocenters. The maximum atomic E-state index is 12.5. The highest BCUT2D eigenvalue weighted by Gasteiger charge is 2.36. The number of fused-ring (bicyclic) bond motifs is 1. The first-order chi connectivity index (χ1) is 10.9. The van der Waals surface area contributed by atoms with Crippen molar-refractivity contribution < 1.29 is 24.2 Å². The van der Waals surface area contributed by atoms with E-state index >= 15 is 0 Å². The summed E-state index contributed by atoms with van der Waals surface area (Å²) < 4.78 is 5.53. The van der Waals surface area contributed by atoms with E-state index in [1.54, 1.807) is 12.1 Å². The molecule has 0 saturated carbocycles. The standard InChI is InChI=1S/C16H20N2O5/c1-3-6-17-14(19)9-18-11-5-4-10(2)7-12(11)23-13(16(18)22)8-15(20)21/h4-5,7,13H,3,6,8-9H2,1-2H3,(H,17,19)(H,20,21). The van der Waals surface area contributed by atoms with E-state index in [0.717, 1.165) is 12.0 Å².